The number of nitrogens with zero attached hydrogens (tertiary/aromatic N) is 2. The van der Waals surface area contributed by atoms with E-state index in [0.717, 1.165) is 48.2 Å². The number of benzene rings is 2. The molecule has 2 aromatic rings. The van der Waals surface area contributed by atoms with Crippen LogP contribution in [0, 0.1) is 0 Å². The topological polar surface area (TPSA) is 25.3 Å². The second kappa shape index (κ2) is 39.4. The first-order chi connectivity index (χ1) is 30.6. The van der Waals surface area contributed by atoms with Gasteiger partial charge >= 0.3 is 64.8 Å². The average molecular weight is 896 g/mol. The number of rotatable bonds is 39. The van der Waals surface area contributed by atoms with Crippen molar-refractivity contribution < 1.29 is 19.1 Å². The molecule has 1 heterocycles. The zero-order valence-corrected chi connectivity index (χ0v) is 43.0. The van der Waals surface area contributed by atoms with Gasteiger partial charge in [-0.05, 0) is 80.3 Å². The van der Waals surface area contributed by atoms with Crippen LogP contribution < -0.4 is 0 Å². The molecular formula is C59H100N2Ni. The van der Waals surface area contributed by atoms with E-state index >= 15 is 0 Å². The molecule has 0 aliphatic carbocycles. The molecule has 0 aromatic heterocycles. The normalized spacial score (nSPS) is 12.8. The molecule has 0 spiro atoms. The molecule has 0 radical (unpaired) electrons. The molecule has 3 rings (SSSR count). The number of hydrogen-bond donors (Lipinski definition) is 0. The van der Waals surface area contributed by atoms with E-state index in [2.05, 4.69) is 90.1 Å². The third-order valence-electron chi connectivity index (χ3n) is 12.9. The quantitative estimate of drug-likeness (QED) is 0.0363. The monoisotopic (exact) mass is 895 g/mol. The third-order valence-corrected chi connectivity index (χ3v) is 14.3. The predicted octanol–water partition coefficient (Wildman–Crippen LogP) is 20.8. The van der Waals surface area contributed by atoms with Crippen molar-refractivity contribution in [2.45, 2.75) is 277 Å². The summed E-state index contributed by atoms with van der Waals surface area (Å²) in [4.78, 5) is 0. The van der Waals surface area contributed by atoms with Crippen LogP contribution in [0.1, 0.15) is 276 Å². The van der Waals surface area contributed by atoms with Gasteiger partial charge in [0, 0.05) is 22.3 Å². The molecule has 2 nitrogen and oxygen atoms in total. The zero-order chi connectivity index (χ0) is 44.7. The van der Waals surface area contributed by atoms with Gasteiger partial charge in [-0.2, -0.15) is 0 Å². The molecule has 356 valence electrons. The van der Waals surface area contributed by atoms with Crippen LogP contribution in [0.3, 0.4) is 0 Å². The SMILES string of the molecule is CCCCCCCCCCCCCCCCCCCCCCCCCC1=C(c2cccc(CCCC)c2)[N+](=[N-])C(c2cccc(CCCC)c2)=C1CC.CCC[CH2][Ni][CH2]CCC. The van der Waals surface area contributed by atoms with Gasteiger partial charge in [0.1, 0.15) is 0 Å². The van der Waals surface area contributed by atoms with Gasteiger partial charge in [-0.3, -0.25) is 0 Å². The first-order valence-corrected chi connectivity index (χ1v) is 28.5. The van der Waals surface area contributed by atoms with Crippen molar-refractivity contribution in [1.82, 2.24) is 0 Å². The maximum absolute atomic E-state index is 12.0. The van der Waals surface area contributed by atoms with Gasteiger partial charge in [-0.25, -0.2) is 4.70 Å². The fourth-order valence-corrected chi connectivity index (χ4v) is 10.4. The molecule has 3 heteroatoms. The minimum atomic E-state index is 0.930. The summed E-state index contributed by atoms with van der Waals surface area (Å²) in [5, 5.41) is 2.78. The summed E-state index contributed by atoms with van der Waals surface area (Å²) in [5.41, 5.74) is 21.7. The van der Waals surface area contributed by atoms with Crippen LogP contribution in [-0.2, 0) is 27.3 Å². The Hall–Kier alpha value is -1.99. The van der Waals surface area contributed by atoms with Gasteiger partial charge in [0.05, 0.1) is 0 Å². The Bertz CT molecular complexity index is 1450. The Kier molecular flexibility index (Phi) is 35.7. The number of allylic oxidation sites excluding steroid dienone is 2. The van der Waals surface area contributed by atoms with Gasteiger partial charge in [-0.15, -0.1) is 0 Å². The van der Waals surface area contributed by atoms with Crippen LogP contribution >= 0.6 is 0 Å². The first kappa shape index (κ1) is 56.1. The van der Waals surface area contributed by atoms with Crippen LogP contribution in [0.2, 0.25) is 10.8 Å². The summed E-state index contributed by atoms with van der Waals surface area (Å²) in [6.45, 7) is 13.6. The predicted molar refractivity (Wildman–Crippen MR) is 274 cm³/mol. The summed E-state index contributed by atoms with van der Waals surface area (Å²) in [5.74, 6) is 0. The summed E-state index contributed by atoms with van der Waals surface area (Å²) in [6.07, 6.45) is 47.0. The Labute approximate surface area is 393 Å². The van der Waals surface area contributed by atoms with Crippen molar-refractivity contribution in [1.29, 1.82) is 0 Å². The number of hydrogen-bond acceptors (Lipinski definition) is 0. The van der Waals surface area contributed by atoms with Gasteiger partial charge in [0.15, 0.2) is 0 Å². The van der Waals surface area contributed by atoms with E-state index in [4.69, 9.17) is 0 Å². The van der Waals surface area contributed by atoms with Crippen molar-refractivity contribution in [3.63, 3.8) is 0 Å². The molecular weight excluding hydrogens is 795 g/mol. The van der Waals surface area contributed by atoms with Crippen molar-refractivity contribution >= 4 is 11.4 Å². The fourth-order valence-electron chi connectivity index (χ4n) is 8.95. The number of aryl methyl sites for hydroxylation is 2. The van der Waals surface area contributed by atoms with Crippen molar-refractivity contribution in [3.05, 3.63) is 87.5 Å². The van der Waals surface area contributed by atoms with E-state index in [0.29, 0.717) is 0 Å². The average Bonchev–Trinajstić information content (AvgIpc) is 3.58. The van der Waals surface area contributed by atoms with E-state index in [1.165, 1.54) is 232 Å². The van der Waals surface area contributed by atoms with Crippen LogP contribution in [-0.4, -0.2) is 4.70 Å². The second-order valence-corrected chi connectivity index (χ2v) is 20.1. The van der Waals surface area contributed by atoms with Gasteiger partial charge in [-0.1, -0.05) is 206 Å². The molecule has 2 aromatic carbocycles. The molecule has 0 atom stereocenters. The van der Waals surface area contributed by atoms with Gasteiger partial charge < -0.3 is 5.53 Å². The van der Waals surface area contributed by atoms with Crippen LogP contribution in [0.15, 0.2) is 59.7 Å². The molecule has 0 amide bonds. The van der Waals surface area contributed by atoms with Crippen molar-refractivity contribution in [2.24, 2.45) is 0 Å². The first-order valence-electron chi connectivity index (χ1n) is 27.1. The third kappa shape index (κ3) is 24.9. The summed E-state index contributed by atoms with van der Waals surface area (Å²) in [6, 6.07) is 17.9. The number of unbranched alkanes of at least 4 members (excludes halogenated alkanes) is 26. The van der Waals surface area contributed by atoms with Crippen LogP contribution in [0.5, 0.6) is 0 Å². The van der Waals surface area contributed by atoms with Gasteiger partial charge in [0.25, 0.3) is 0 Å². The van der Waals surface area contributed by atoms with Crippen LogP contribution in [0.25, 0.3) is 16.9 Å². The Morgan fingerprint density at radius 1 is 0.371 bits per heavy atom. The Balaban J connectivity index is 0.00000132. The van der Waals surface area contributed by atoms with E-state index in [-0.39, 0.29) is 0 Å². The molecule has 0 saturated carbocycles. The van der Waals surface area contributed by atoms with E-state index in [9.17, 15) is 5.53 Å². The standard InChI is InChI=1S/C51H82N2.2C4H9.Ni/c1-5-9-12-13-14-15-16-17-18-19-20-21-22-23-24-25-26-27-28-29-30-31-32-41-49-48(8-4)50(46-39-33-37-44(42-46)35-10-6-2)53(52)51(49)47-40-34-38-45(43-47)36-11-7-3;2*1-3-4-2;/h33-34,37-40,42-43H,5-32,35-36,41H2,1-4H3;2*1,3-4H2,2H3;. The summed E-state index contributed by atoms with van der Waals surface area (Å²) >= 11 is 1.94. The molecule has 0 unspecified atom stereocenters. The van der Waals surface area contributed by atoms with Crippen LogP contribution in [0.4, 0.5) is 0 Å². The van der Waals surface area contributed by atoms with E-state index in [1.807, 2.05) is 14.4 Å². The summed E-state index contributed by atoms with van der Waals surface area (Å²) < 4.78 is 1.56. The zero-order valence-electron chi connectivity index (χ0n) is 42.0. The minimum absolute atomic E-state index is 0.930. The second-order valence-electron chi connectivity index (χ2n) is 18.6. The molecule has 0 fully saturated rings. The molecule has 0 N–H and O–H groups in total. The van der Waals surface area contributed by atoms with Gasteiger partial charge in [0.2, 0.25) is 11.4 Å². The van der Waals surface area contributed by atoms with E-state index in [1.54, 1.807) is 4.70 Å². The van der Waals surface area contributed by atoms with Crippen molar-refractivity contribution in [3.8, 4) is 0 Å². The molecule has 1 aliphatic heterocycles. The fraction of sp³-hybridized carbons (Fsp3) is 0.729. The van der Waals surface area contributed by atoms with E-state index < -0.39 is 0 Å². The molecule has 0 saturated heterocycles. The maximum atomic E-state index is 12.0. The molecule has 62 heavy (non-hydrogen) atoms. The Morgan fingerprint density at radius 2 is 0.710 bits per heavy atom. The van der Waals surface area contributed by atoms with Crippen molar-refractivity contribution in [2.75, 3.05) is 0 Å². The summed E-state index contributed by atoms with van der Waals surface area (Å²) in [7, 11) is 0. The molecule has 0 bridgehead atoms. The molecule has 1 aliphatic rings. The Morgan fingerprint density at radius 3 is 1.06 bits per heavy atom.